The van der Waals surface area contributed by atoms with Crippen LogP contribution in [0.25, 0.3) is 0 Å². The Bertz CT molecular complexity index is 1910. The molecule has 0 fully saturated rings. The van der Waals surface area contributed by atoms with Crippen molar-refractivity contribution in [3.05, 3.63) is 83.4 Å². The molecular formula is C28H26N8O6S. The van der Waals surface area contributed by atoms with Crippen LogP contribution < -0.4 is 16.2 Å². The van der Waals surface area contributed by atoms with E-state index in [2.05, 4.69) is 30.7 Å². The average molecular weight is 603 g/mol. The number of ether oxygens (including phenoxy) is 1. The highest BCUT2D eigenvalue weighted by atomic mass is 32.2. The number of anilines is 2. The van der Waals surface area contributed by atoms with Gasteiger partial charge < -0.3 is 21.3 Å². The smallest absolute Gasteiger partial charge is 0.340 e. The Labute approximate surface area is 246 Å². The van der Waals surface area contributed by atoms with E-state index in [0.29, 0.717) is 17.1 Å². The molecule has 0 amide bonds. The Kier molecular flexibility index (Phi) is 8.87. The second-order valence-electron chi connectivity index (χ2n) is 9.11. The zero-order valence-electron chi connectivity index (χ0n) is 23.1. The van der Waals surface area contributed by atoms with Crippen LogP contribution in [0.5, 0.6) is 5.75 Å². The Morgan fingerprint density at radius 2 is 1.30 bits per heavy atom. The number of hydrogen-bond acceptors (Lipinski definition) is 12. The summed E-state index contributed by atoms with van der Waals surface area (Å²) in [6, 6.07) is 17.3. The molecule has 0 bridgehead atoms. The number of hydrogen-bond donors (Lipinski definition) is 4. The topological polar surface area (TPSA) is 227 Å². The number of benzene rings is 4. The van der Waals surface area contributed by atoms with Crippen LogP contribution in [0.15, 0.2) is 102 Å². The van der Waals surface area contributed by atoms with E-state index in [1.807, 2.05) is 19.9 Å². The van der Waals surface area contributed by atoms with E-state index >= 15 is 0 Å². The predicted octanol–water partition coefficient (Wildman–Crippen LogP) is 7.67. The Morgan fingerprint density at radius 1 is 0.744 bits per heavy atom. The van der Waals surface area contributed by atoms with Crippen molar-refractivity contribution in [2.24, 2.45) is 30.7 Å². The molecule has 0 heterocycles. The Hall–Kier alpha value is -5.54. The maximum absolute atomic E-state index is 12.5. The molecule has 220 valence electrons. The van der Waals surface area contributed by atoms with Crippen molar-refractivity contribution in [2.45, 2.75) is 18.7 Å². The normalized spacial score (nSPS) is 12.0. The van der Waals surface area contributed by atoms with E-state index in [9.17, 15) is 22.9 Å². The van der Waals surface area contributed by atoms with Gasteiger partial charge in [-0.25, -0.2) is 4.79 Å². The quantitative estimate of drug-likeness (QED) is 0.0841. The summed E-state index contributed by atoms with van der Waals surface area (Å²) in [6.07, 6.45) is 0. The maximum Gasteiger partial charge on any atom is 0.340 e. The SMILES string of the molecule is COc1ccc(C)cc1N=Nc1c(N)c(N=Nc2ccc(C)cc2)c(C(=O)O)c(N=Nc2ccccc2S(=O)(=O)O)c1N. The number of nitrogens with zero attached hydrogens (tertiary/aromatic N) is 6. The summed E-state index contributed by atoms with van der Waals surface area (Å²) < 4.78 is 38.6. The van der Waals surface area contributed by atoms with Gasteiger partial charge in [-0.15, -0.1) is 25.6 Å². The first-order valence-electron chi connectivity index (χ1n) is 12.4. The van der Waals surface area contributed by atoms with E-state index in [1.165, 1.54) is 25.3 Å². The third-order valence-corrected chi connectivity index (χ3v) is 6.90. The Balaban J connectivity index is 1.98. The molecule has 0 aliphatic carbocycles. The van der Waals surface area contributed by atoms with Crippen LogP contribution in [-0.2, 0) is 10.1 Å². The van der Waals surface area contributed by atoms with Crippen LogP contribution in [0.1, 0.15) is 21.5 Å². The van der Waals surface area contributed by atoms with Gasteiger partial charge in [-0.05, 0) is 55.8 Å². The monoisotopic (exact) mass is 602 g/mol. The van der Waals surface area contributed by atoms with Crippen LogP contribution in [0.3, 0.4) is 0 Å². The summed E-state index contributed by atoms with van der Waals surface area (Å²) >= 11 is 0. The molecule has 0 atom stereocenters. The molecule has 0 aromatic heterocycles. The molecule has 15 heteroatoms. The Morgan fingerprint density at radius 3 is 1.91 bits per heavy atom. The first-order valence-corrected chi connectivity index (χ1v) is 13.9. The zero-order chi connectivity index (χ0) is 31.3. The van der Waals surface area contributed by atoms with E-state index < -0.39 is 32.2 Å². The lowest BCUT2D eigenvalue weighted by molar-refractivity contribution is 0.0698. The van der Waals surface area contributed by atoms with E-state index in [4.69, 9.17) is 16.2 Å². The van der Waals surface area contributed by atoms with Crippen molar-refractivity contribution in [1.29, 1.82) is 0 Å². The lowest BCUT2D eigenvalue weighted by Gasteiger charge is -2.13. The molecule has 4 aromatic carbocycles. The van der Waals surface area contributed by atoms with Crippen molar-refractivity contribution in [2.75, 3.05) is 18.6 Å². The number of carbonyl (C=O) groups is 1. The van der Waals surface area contributed by atoms with Gasteiger partial charge in [0, 0.05) is 0 Å². The van der Waals surface area contributed by atoms with Crippen molar-refractivity contribution >= 4 is 61.6 Å². The maximum atomic E-state index is 12.5. The minimum absolute atomic E-state index is 0.191. The number of nitrogen functional groups attached to an aromatic ring is 2. The van der Waals surface area contributed by atoms with Gasteiger partial charge >= 0.3 is 5.97 Å². The summed E-state index contributed by atoms with van der Waals surface area (Å²) in [5.74, 6) is -1.13. The highest BCUT2D eigenvalue weighted by molar-refractivity contribution is 7.86. The molecule has 0 saturated heterocycles. The molecule has 0 aliphatic heterocycles. The molecule has 14 nitrogen and oxygen atoms in total. The van der Waals surface area contributed by atoms with Crippen molar-refractivity contribution in [3.63, 3.8) is 0 Å². The van der Waals surface area contributed by atoms with E-state index in [1.54, 1.807) is 36.4 Å². The number of nitrogens with two attached hydrogens (primary N) is 2. The molecule has 43 heavy (non-hydrogen) atoms. The minimum atomic E-state index is -4.69. The molecule has 0 aliphatic rings. The zero-order valence-corrected chi connectivity index (χ0v) is 23.9. The largest absolute Gasteiger partial charge is 0.494 e. The number of aryl methyl sites for hydroxylation is 2. The standard InChI is InChI=1S/C28H26N8O6S/c1-15-8-11-17(12-9-15)31-34-25-22(28(37)38)26(35-32-18-6-4-5-7-21(18)43(39,40)41)24(30)27(23(25)29)36-33-19-14-16(2)10-13-20(19)42-3/h4-14H,29-30H2,1-3H3,(H,37,38)(H,39,40,41). The van der Waals surface area contributed by atoms with E-state index in [0.717, 1.165) is 17.2 Å². The minimum Gasteiger partial charge on any atom is -0.494 e. The molecule has 0 unspecified atom stereocenters. The number of rotatable bonds is 9. The highest BCUT2D eigenvalue weighted by Crippen LogP contribution is 2.49. The molecule has 0 radical (unpaired) electrons. The van der Waals surface area contributed by atoms with Gasteiger partial charge in [0.05, 0.1) is 24.2 Å². The number of carboxylic acid groups (broad SMARTS) is 1. The second kappa shape index (κ2) is 12.5. The van der Waals surface area contributed by atoms with Crippen molar-refractivity contribution in [3.8, 4) is 5.75 Å². The van der Waals surface area contributed by atoms with Gasteiger partial charge in [0.2, 0.25) is 0 Å². The van der Waals surface area contributed by atoms with Gasteiger partial charge in [-0.3, -0.25) is 4.55 Å². The highest BCUT2D eigenvalue weighted by Gasteiger charge is 2.27. The van der Waals surface area contributed by atoms with Gasteiger partial charge in [-0.1, -0.05) is 35.9 Å². The summed E-state index contributed by atoms with van der Waals surface area (Å²) in [7, 11) is -3.23. The van der Waals surface area contributed by atoms with E-state index in [-0.39, 0.29) is 28.4 Å². The average Bonchev–Trinajstić information content (AvgIpc) is 2.96. The van der Waals surface area contributed by atoms with Crippen LogP contribution in [0.2, 0.25) is 0 Å². The van der Waals surface area contributed by atoms with Crippen LogP contribution in [-0.4, -0.2) is 31.2 Å². The summed E-state index contributed by atoms with van der Waals surface area (Å²) in [6.45, 7) is 3.73. The summed E-state index contributed by atoms with van der Waals surface area (Å²) in [5.41, 5.74) is 12.8. The molecule has 0 spiro atoms. The van der Waals surface area contributed by atoms with Gasteiger partial charge in [0.25, 0.3) is 10.1 Å². The second-order valence-corrected chi connectivity index (χ2v) is 10.5. The van der Waals surface area contributed by atoms with Crippen molar-refractivity contribution in [1.82, 2.24) is 0 Å². The van der Waals surface area contributed by atoms with Crippen LogP contribution >= 0.6 is 0 Å². The third-order valence-electron chi connectivity index (χ3n) is 6.00. The van der Waals surface area contributed by atoms with Gasteiger partial charge in [0.15, 0.2) is 0 Å². The number of azo groups is 3. The fraction of sp³-hybridized carbons (Fsp3) is 0.107. The predicted molar refractivity (Wildman–Crippen MR) is 160 cm³/mol. The number of methoxy groups -OCH3 is 1. The third kappa shape index (κ3) is 6.86. The first kappa shape index (κ1) is 30.4. The first-order chi connectivity index (χ1) is 20.4. The van der Waals surface area contributed by atoms with Crippen LogP contribution in [0, 0.1) is 13.8 Å². The lowest BCUT2D eigenvalue weighted by Crippen LogP contribution is -2.04. The van der Waals surface area contributed by atoms with Gasteiger partial charge in [-0.2, -0.15) is 13.5 Å². The summed E-state index contributed by atoms with van der Waals surface area (Å²) in [4.78, 5) is 12.0. The lowest BCUT2D eigenvalue weighted by atomic mass is 10.1. The fourth-order valence-electron chi connectivity index (χ4n) is 3.83. The van der Waals surface area contributed by atoms with Crippen LogP contribution in [0.4, 0.5) is 45.5 Å². The molecule has 6 N–H and O–H groups in total. The van der Waals surface area contributed by atoms with Crippen molar-refractivity contribution < 1.29 is 27.6 Å². The molecular weight excluding hydrogens is 576 g/mol. The molecule has 4 aromatic rings. The molecule has 0 saturated carbocycles. The fourth-order valence-corrected chi connectivity index (χ4v) is 4.46. The molecule has 4 rings (SSSR count). The summed E-state index contributed by atoms with van der Waals surface area (Å²) in [5, 5.41) is 34.7. The number of carboxylic acids is 1. The number of aromatic carboxylic acids is 1. The van der Waals surface area contributed by atoms with Gasteiger partial charge in [0.1, 0.15) is 44.6 Å².